The molecule has 0 aliphatic carbocycles. The first-order valence-electron chi connectivity index (χ1n) is 5.56. The summed E-state index contributed by atoms with van der Waals surface area (Å²) in [5.41, 5.74) is 3.66. The van der Waals surface area contributed by atoms with Gasteiger partial charge in [-0.05, 0) is 19.0 Å². The third kappa shape index (κ3) is 3.00. The zero-order chi connectivity index (χ0) is 13.9. The van der Waals surface area contributed by atoms with Crippen LogP contribution in [0.3, 0.4) is 0 Å². The fourth-order valence-corrected chi connectivity index (χ4v) is 1.77. The highest BCUT2D eigenvalue weighted by Crippen LogP contribution is 2.35. The number of benzene rings is 1. The maximum atomic E-state index is 13.7. The van der Waals surface area contributed by atoms with Crippen LogP contribution in [0.5, 0.6) is 0 Å². The Bertz CT molecular complexity index is 402. The van der Waals surface area contributed by atoms with Crippen LogP contribution in [0.15, 0.2) is 18.2 Å². The van der Waals surface area contributed by atoms with E-state index in [1.165, 1.54) is 0 Å². The number of alkyl halides is 3. The Labute approximate surface area is 102 Å². The number of hydrogen-bond acceptors (Lipinski definition) is 2. The molecule has 0 heterocycles. The van der Waals surface area contributed by atoms with Gasteiger partial charge in [0.25, 0.3) is 0 Å². The van der Waals surface area contributed by atoms with Gasteiger partial charge in [0, 0.05) is 11.5 Å². The van der Waals surface area contributed by atoms with Gasteiger partial charge in [0.15, 0.2) is 0 Å². The van der Waals surface area contributed by atoms with Gasteiger partial charge in [-0.3, -0.25) is 0 Å². The Morgan fingerprint density at radius 3 is 2.39 bits per heavy atom. The number of hydrogen-bond donors (Lipinski definition) is 2. The van der Waals surface area contributed by atoms with Crippen LogP contribution < -0.4 is 5.73 Å². The molecular formula is C12H15F4NO. The highest BCUT2D eigenvalue weighted by molar-refractivity contribution is 5.30. The molecule has 0 aromatic heterocycles. The zero-order valence-corrected chi connectivity index (χ0v) is 9.84. The highest BCUT2D eigenvalue weighted by Gasteiger charge is 2.36. The average molecular weight is 265 g/mol. The first kappa shape index (κ1) is 14.9. The summed E-state index contributed by atoms with van der Waals surface area (Å²) in [6, 6.07) is 2.87. The van der Waals surface area contributed by atoms with E-state index < -0.39 is 29.6 Å². The van der Waals surface area contributed by atoms with Gasteiger partial charge >= 0.3 is 6.18 Å². The fourth-order valence-electron chi connectivity index (χ4n) is 1.77. The molecule has 18 heavy (non-hydrogen) atoms. The molecule has 2 unspecified atom stereocenters. The number of aliphatic hydroxyl groups excluding tert-OH is 1. The standard InChI is InChI=1S/C12H15F4NO/c1-2-7(6-17)11(18)8-4-3-5-9(10(8)13)12(14,15)16/h3-5,7,11,18H,2,6,17H2,1H3. The second-order valence-corrected chi connectivity index (χ2v) is 4.06. The number of aliphatic hydroxyl groups is 1. The first-order chi connectivity index (χ1) is 8.32. The molecule has 2 nitrogen and oxygen atoms in total. The summed E-state index contributed by atoms with van der Waals surface area (Å²) < 4.78 is 51.3. The lowest BCUT2D eigenvalue weighted by Gasteiger charge is -2.22. The Balaban J connectivity index is 3.19. The van der Waals surface area contributed by atoms with E-state index in [9.17, 15) is 22.7 Å². The molecule has 102 valence electrons. The molecule has 1 rings (SSSR count). The molecule has 0 amide bonds. The van der Waals surface area contributed by atoms with Gasteiger partial charge in [0.1, 0.15) is 5.82 Å². The summed E-state index contributed by atoms with van der Waals surface area (Å²) in [5.74, 6) is -1.90. The van der Waals surface area contributed by atoms with Crippen LogP contribution in [0.25, 0.3) is 0 Å². The lowest BCUT2D eigenvalue weighted by atomic mass is 9.92. The molecular weight excluding hydrogens is 250 g/mol. The Morgan fingerprint density at radius 2 is 1.94 bits per heavy atom. The van der Waals surface area contributed by atoms with Gasteiger partial charge in [-0.1, -0.05) is 19.1 Å². The minimum absolute atomic E-state index is 0.0767. The third-order valence-electron chi connectivity index (χ3n) is 2.93. The lowest BCUT2D eigenvalue weighted by molar-refractivity contribution is -0.140. The second kappa shape index (κ2) is 5.67. The van der Waals surface area contributed by atoms with Crippen molar-refractivity contribution in [1.82, 2.24) is 0 Å². The van der Waals surface area contributed by atoms with E-state index in [1.54, 1.807) is 6.92 Å². The minimum atomic E-state index is -4.77. The molecule has 0 fully saturated rings. The molecule has 1 aromatic rings. The molecule has 0 radical (unpaired) electrons. The Kier molecular flexibility index (Phi) is 4.70. The van der Waals surface area contributed by atoms with Crippen molar-refractivity contribution in [3.8, 4) is 0 Å². The van der Waals surface area contributed by atoms with Crippen molar-refractivity contribution in [2.24, 2.45) is 11.7 Å². The van der Waals surface area contributed by atoms with Crippen molar-refractivity contribution in [1.29, 1.82) is 0 Å². The summed E-state index contributed by atoms with van der Waals surface area (Å²) in [6.07, 6.45) is -5.65. The highest BCUT2D eigenvalue weighted by atomic mass is 19.4. The maximum absolute atomic E-state index is 13.7. The quantitative estimate of drug-likeness (QED) is 0.822. The van der Waals surface area contributed by atoms with E-state index in [0.29, 0.717) is 12.5 Å². The molecule has 0 saturated carbocycles. The third-order valence-corrected chi connectivity index (χ3v) is 2.93. The van der Waals surface area contributed by atoms with E-state index in [4.69, 9.17) is 5.73 Å². The van der Waals surface area contributed by atoms with Crippen LogP contribution in [0.4, 0.5) is 17.6 Å². The lowest BCUT2D eigenvalue weighted by Crippen LogP contribution is -2.23. The van der Waals surface area contributed by atoms with E-state index >= 15 is 0 Å². The normalized spacial score (nSPS) is 15.5. The molecule has 6 heteroatoms. The van der Waals surface area contributed by atoms with Crippen molar-refractivity contribution < 1.29 is 22.7 Å². The van der Waals surface area contributed by atoms with Gasteiger partial charge in [0.2, 0.25) is 0 Å². The predicted octanol–water partition coefficient (Wildman–Crippen LogP) is 2.86. The van der Waals surface area contributed by atoms with Crippen molar-refractivity contribution in [2.75, 3.05) is 6.54 Å². The summed E-state index contributed by atoms with van der Waals surface area (Å²) in [4.78, 5) is 0. The SMILES string of the molecule is CCC(CN)C(O)c1cccc(C(F)(F)F)c1F. The van der Waals surface area contributed by atoms with Crippen molar-refractivity contribution >= 4 is 0 Å². The predicted molar refractivity (Wildman–Crippen MR) is 59.2 cm³/mol. The number of rotatable bonds is 4. The molecule has 3 N–H and O–H groups in total. The van der Waals surface area contributed by atoms with Crippen LogP contribution in [0, 0.1) is 11.7 Å². The summed E-state index contributed by atoms with van der Waals surface area (Å²) in [7, 11) is 0. The van der Waals surface area contributed by atoms with Crippen LogP contribution in [-0.2, 0) is 6.18 Å². The van der Waals surface area contributed by atoms with Gasteiger partial charge in [-0.15, -0.1) is 0 Å². The largest absolute Gasteiger partial charge is 0.419 e. The van der Waals surface area contributed by atoms with Gasteiger partial charge in [-0.2, -0.15) is 13.2 Å². The molecule has 0 bridgehead atoms. The summed E-state index contributed by atoms with van der Waals surface area (Å²) >= 11 is 0. The van der Waals surface area contributed by atoms with E-state index in [1.807, 2.05) is 0 Å². The molecule has 0 saturated heterocycles. The molecule has 0 aliphatic heterocycles. The summed E-state index contributed by atoms with van der Waals surface area (Å²) in [6.45, 7) is 1.81. The second-order valence-electron chi connectivity index (χ2n) is 4.06. The molecule has 1 aromatic carbocycles. The monoisotopic (exact) mass is 265 g/mol. The molecule has 0 spiro atoms. The smallest absolute Gasteiger partial charge is 0.388 e. The molecule has 2 atom stereocenters. The van der Waals surface area contributed by atoms with E-state index in [2.05, 4.69) is 0 Å². The van der Waals surface area contributed by atoms with Gasteiger partial charge in [-0.25, -0.2) is 4.39 Å². The number of nitrogens with two attached hydrogens (primary N) is 1. The molecule has 0 aliphatic rings. The van der Waals surface area contributed by atoms with Crippen LogP contribution in [0.2, 0.25) is 0 Å². The van der Waals surface area contributed by atoms with Crippen molar-refractivity contribution in [3.63, 3.8) is 0 Å². The fraction of sp³-hybridized carbons (Fsp3) is 0.500. The van der Waals surface area contributed by atoms with Crippen molar-refractivity contribution in [2.45, 2.75) is 25.6 Å². The Hall–Kier alpha value is -1.14. The number of halogens is 4. The maximum Gasteiger partial charge on any atom is 0.419 e. The first-order valence-corrected chi connectivity index (χ1v) is 5.56. The Morgan fingerprint density at radius 1 is 1.33 bits per heavy atom. The minimum Gasteiger partial charge on any atom is -0.388 e. The van der Waals surface area contributed by atoms with Gasteiger partial charge in [0.05, 0.1) is 11.7 Å². The average Bonchev–Trinajstić information content (AvgIpc) is 2.29. The summed E-state index contributed by atoms with van der Waals surface area (Å²) in [5, 5.41) is 9.86. The van der Waals surface area contributed by atoms with Crippen LogP contribution in [-0.4, -0.2) is 11.7 Å². The van der Waals surface area contributed by atoms with Gasteiger partial charge < -0.3 is 10.8 Å². The zero-order valence-electron chi connectivity index (χ0n) is 9.84. The van der Waals surface area contributed by atoms with E-state index in [0.717, 1.165) is 12.1 Å². The van der Waals surface area contributed by atoms with E-state index in [-0.39, 0.29) is 12.1 Å². The van der Waals surface area contributed by atoms with Crippen molar-refractivity contribution in [3.05, 3.63) is 35.1 Å². The van der Waals surface area contributed by atoms with Crippen LogP contribution >= 0.6 is 0 Å². The topological polar surface area (TPSA) is 46.2 Å². The van der Waals surface area contributed by atoms with Crippen LogP contribution in [0.1, 0.15) is 30.6 Å².